The fraction of sp³-hybridized carbons (Fsp3) is 0.632. The normalized spacial score (nSPS) is 24.0. The summed E-state index contributed by atoms with van der Waals surface area (Å²) in [5.74, 6) is 1.11. The number of hydrogen-bond donors (Lipinski definition) is 1. The van der Waals surface area contributed by atoms with Crippen LogP contribution in [0.5, 0.6) is 0 Å². The third kappa shape index (κ3) is 4.95. The summed E-state index contributed by atoms with van der Waals surface area (Å²) in [5, 5.41) is 0. The molecule has 0 aliphatic heterocycles. The van der Waals surface area contributed by atoms with Crippen molar-refractivity contribution in [2.45, 2.75) is 45.8 Å². The molecule has 0 saturated heterocycles. The fourth-order valence-electron chi connectivity index (χ4n) is 3.29. The van der Waals surface area contributed by atoms with Crippen LogP contribution < -0.4 is 5.73 Å². The Bertz CT molecular complexity index is 517. The molecule has 0 bridgehead atoms. The van der Waals surface area contributed by atoms with Gasteiger partial charge in [-0.05, 0) is 32.3 Å². The summed E-state index contributed by atoms with van der Waals surface area (Å²) in [6.45, 7) is 9.52. The summed E-state index contributed by atoms with van der Waals surface area (Å²) in [4.78, 5) is 11.3. The molecule has 1 unspecified atom stereocenters. The van der Waals surface area contributed by atoms with E-state index in [2.05, 4.69) is 12.7 Å². The molecule has 2 rings (SSSR count). The van der Waals surface area contributed by atoms with Crippen LogP contribution in [0, 0.1) is 11.8 Å². The first kappa shape index (κ1) is 18.7. The van der Waals surface area contributed by atoms with Gasteiger partial charge in [-0.25, -0.2) is 0 Å². The maximum absolute atomic E-state index is 11.3. The Morgan fingerprint density at radius 3 is 2.54 bits per heavy atom. The van der Waals surface area contributed by atoms with Gasteiger partial charge in [0.15, 0.2) is 12.1 Å². The van der Waals surface area contributed by atoms with Crippen molar-refractivity contribution in [3.8, 4) is 0 Å². The summed E-state index contributed by atoms with van der Waals surface area (Å²) in [6.07, 6.45) is 6.52. The first-order chi connectivity index (χ1) is 11.5. The molecule has 0 saturated carbocycles. The van der Waals surface area contributed by atoms with Gasteiger partial charge in [0.1, 0.15) is 12.4 Å². The van der Waals surface area contributed by atoms with Gasteiger partial charge in [0, 0.05) is 49.7 Å². The molecule has 0 aromatic carbocycles. The van der Waals surface area contributed by atoms with Crippen LogP contribution in [0.3, 0.4) is 0 Å². The minimum Gasteiger partial charge on any atom is -0.493 e. The molecule has 2 aliphatic carbocycles. The van der Waals surface area contributed by atoms with Crippen molar-refractivity contribution in [3.05, 3.63) is 35.8 Å². The molecule has 5 nitrogen and oxygen atoms in total. The van der Waals surface area contributed by atoms with Crippen molar-refractivity contribution >= 4 is 5.78 Å². The third-order valence-electron chi connectivity index (χ3n) is 4.50. The third-order valence-corrected chi connectivity index (χ3v) is 4.50. The lowest BCUT2D eigenvalue weighted by atomic mass is 9.78. The van der Waals surface area contributed by atoms with E-state index in [0.717, 1.165) is 18.6 Å². The maximum atomic E-state index is 11.3. The van der Waals surface area contributed by atoms with E-state index in [1.807, 2.05) is 13.8 Å². The summed E-state index contributed by atoms with van der Waals surface area (Å²) >= 11 is 0. The minimum atomic E-state index is -0.326. The summed E-state index contributed by atoms with van der Waals surface area (Å²) in [5.41, 5.74) is 7.88. The van der Waals surface area contributed by atoms with Crippen LogP contribution in [0.2, 0.25) is 0 Å². The Morgan fingerprint density at radius 2 is 2.00 bits per heavy atom. The van der Waals surface area contributed by atoms with E-state index in [9.17, 15) is 4.79 Å². The Kier molecular flexibility index (Phi) is 7.06. The highest BCUT2D eigenvalue weighted by atomic mass is 16.7. The lowest BCUT2D eigenvalue weighted by Crippen LogP contribution is -2.36. The molecule has 0 heterocycles. The molecule has 2 aliphatic rings. The number of carbonyl (C=O) groups is 1. The first-order valence-corrected chi connectivity index (χ1v) is 8.78. The monoisotopic (exact) mass is 335 g/mol. The number of rotatable bonds is 9. The molecule has 0 aromatic heterocycles. The summed E-state index contributed by atoms with van der Waals surface area (Å²) in [6, 6.07) is 0. The first-order valence-electron chi connectivity index (χ1n) is 8.78. The number of ketones is 1. The van der Waals surface area contributed by atoms with Gasteiger partial charge in [0.2, 0.25) is 0 Å². The second-order valence-electron chi connectivity index (χ2n) is 6.27. The van der Waals surface area contributed by atoms with Crippen molar-refractivity contribution in [2.75, 3.05) is 19.8 Å². The highest BCUT2D eigenvalue weighted by Gasteiger charge is 2.33. The van der Waals surface area contributed by atoms with E-state index >= 15 is 0 Å². The molecule has 0 aromatic rings. The SMILES string of the molecule is C=C(N)[C@H]1CCC(COC2=CC(=O)CC2)=CC1C(OCC)OCC. The Labute approximate surface area is 144 Å². The van der Waals surface area contributed by atoms with Gasteiger partial charge in [-0.1, -0.05) is 12.7 Å². The standard InChI is InChI=1S/C19H29NO4/c1-4-22-19(23-5-2)18-10-14(6-9-17(18)13(3)20)12-24-16-8-7-15(21)11-16/h10-11,17-19H,3-9,12,20H2,1-2H3/t17-,18?/m1/s1. The quantitative estimate of drug-likeness (QED) is 0.518. The number of hydrogen-bond acceptors (Lipinski definition) is 5. The molecule has 24 heavy (non-hydrogen) atoms. The molecule has 5 heteroatoms. The lowest BCUT2D eigenvalue weighted by Gasteiger charge is -2.35. The van der Waals surface area contributed by atoms with E-state index in [-0.39, 0.29) is 23.9 Å². The summed E-state index contributed by atoms with van der Waals surface area (Å²) in [7, 11) is 0. The fourth-order valence-corrected chi connectivity index (χ4v) is 3.29. The van der Waals surface area contributed by atoms with E-state index in [4.69, 9.17) is 19.9 Å². The smallest absolute Gasteiger partial charge is 0.164 e. The van der Waals surface area contributed by atoms with Gasteiger partial charge in [-0.15, -0.1) is 0 Å². The molecule has 134 valence electrons. The van der Waals surface area contributed by atoms with Crippen LogP contribution in [-0.2, 0) is 19.0 Å². The molecule has 2 N–H and O–H groups in total. The highest BCUT2D eigenvalue weighted by Crippen LogP contribution is 2.36. The van der Waals surface area contributed by atoms with Crippen molar-refractivity contribution < 1.29 is 19.0 Å². The molecule has 0 amide bonds. The largest absolute Gasteiger partial charge is 0.493 e. The van der Waals surface area contributed by atoms with Gasteiger partial charge < -0.3 is 19.9 Å². The highest BCUT2D eigenvalue weighted by molar-refractivity contribution is 5.92. The van der Waals surface area contributed by atoms with Gasteiger partial charge in [0.25, 0.3) is 0 Å². The van der Waals surface area contributed by atoms with Crippen LogP contribution in [0.1, 0.15) is 39.5 Å². The molecule has 2 atom stereocenters. The van der Waals surface area contributed by atoms with Gasteiger partial charge in [0.05, 0.1) is 0 Å². The molecular weight excluding hydrogens is 306 g/mol. The average Bonchev–Trinajstić information content (AvgIpc) is 2.98. The summed E-state index contributed by atoms with van der Waals surface area (Å²) < 4.78 is 17.4. The number of ether oxygens (including phenoxy) is 3. The number of nitrogens with two attached hydrogens (primary N) is 1. The van der Waals surface area contributed by atoms with Crippen molar-refractivity contribution in [1.82, 2.24) is 0 Å². The van der Waals surface area contributed by atoms with Crippen molar-refractivity contribution in [3.63, 3.8) is 0 Å². The van der Waals surface area contributed by atoms with Crippen LogP contribution >= 0.6 is 0 Å². The van der Waals surface area contributed by atoms with Gasteiger partial charge in [-0.2, -0.15) is 0 Å². The minimum absolute atomic E-state index is 0.0361. The molecular formula is C19H29NO4. The zero-order chi connectivity index (χ0) is 17.5. The topological polar surface area (TPSA) is 70.8 Å². The lowest BCUT2D eigenvalue weighted by molar-refractivity contribution is -0.166. The molecule has 0 radical (unpaired) electrons. The molecule has 0 spiro atoms. The zero-order valence-corrected chi connectivity index (χ0v) is 14.8. The van der Waals surface area contributed by atoms with Crippen molar-refractivity contribution in [2.24, 2.45) is 17.6 Å². The van der Waals surface area contributed by atoms with Crippen LogP contribution in [-0.4, -0.2) is 31.9 Å². The average molecular weight is 335 g/mol. The Morgan fingerprint density at radius 1 is 1.29 bits per heavy atom. The maximum Gasteiger partial charge on any atom is 0.164 e. The predicted molar refractivity (Wildman–Crippen MR) is 92.9 cm³/mol. The van der Waals surface area contributed by atoms with Crippen molar-refractivity contribution in [1.29, 1.82) is 0 Å². The molecule has 0 fully saturated rings. The zero-order valence-electron chi connectivity index (χ0n) is 14.8. The number of carbonyl (C=O) groups excluding carboxylic acids is 1. The second-order valence-corrected chi connectivity index (χ2v) is 6.27. The van der Waals surface area contributed by atoms with E-state index < -0.39 is 0 Å². The second kappa shape index (κ2) is 9.04. The van der Waals surface area contributed by atoms with Gasteiger partial charge >= 0.3 is 0 Å². The van der Waals surface area contributed by atoms with Gasteiger partial charge in [-0.3, -0.25) is 4.79 Å². The van der Waals surface area contributed by atoms with Crippen LogP contribution in [0.15, 0.2) is 35.8 Å². The predicted octanol–water partition coefficient (Wildman–Crippen LogP) is 3.07. The Hall–Kier alpha value is -1.59. The Balaban J connectivity index is 2.07. The van der Waals surface area contributed by atoms with Crippen LogP contribution in [0.4, 0.5) is 0 Å². The van der Waals surface area contributed by atoms with Crippen LogP contribution in [0.25, 0.3) is 0 Å². The number of allylic oxidation sites excluding steroid dienone is 3. The van der Waals surface area contributed by atoms with E-state index in [0.29, 0.717) is 38.4 Å². The van der Waals surface area contributed by atoms with E-state index in [1.54, 1.807) is 6.08 Å². The van der Waals surface area contributed by atoms with E-state index in [1.165, 1.54) is 5.57 Å².